The molecule has 0 bridgehead atoms. The molecular formula is C7H15NO2. The summed E-state index contributed by atoms with van der Waals surface area (Å²) in [5.74, 6) is 0. The lowest BCUT2D eigenvalue weighted by molar-refractivity contribution is 0.0983. The first kappa shape index (κ1) is 9.27. The highest BCUT2D eigenvalue weighted by atomic mass is 16.6. The molecule has 0 radical (unpaired) electrons. The average Bonchev–Trinajstić information content (AvgIpc) is 1.86. The van der Waals surface area contributed by atoms with E-state index >= 15 is 0 Å². The number of nitrogens with two attached hydrogens (primary N) is 1. The standard InChI is InChI=1S/C7H15NO2/c1-3-5-6(4-2)10-7(8)9/h6H,3-5H2,1-2H3,(H2,8,9)/t6-/m0/s1. The smallest absolute Gasteiger partial charge is 0.404 e. The maximum Gasteiger partial charge on any atom is 0.404 e. The Bertz CT molecular complexity index is 104. The molecule has 10 heavy (non-hydrogen) atoms. The summed E-state index contributed by atoms with van der Waals surface area (Å²) in [4.78, 5) is 10.2. The Morgan fingerprint density at radius 1 is 1.60 bits per heavy atom. The van der Waals surface area contributed by atoms with Crippen molar-refractivity contribution >= 4 is 6.09 Å². The number of hydrogen-bond donors (Lipinski definition) is 1. The molecule has 0 aliphatic carbocycles. The lowest BCUT2D eigenvalue weighted by atomic mass is 10.2. The highest BCUT2D eigenvalue weighted by Crippen LogP contribution is 2.05. The summed E-state index contributed by atoms with van der Waals surface area (Å²) in [6.07, 6.45) is 2.12. The third-order valence-electron chi connectivity index (χ3n) is 1.35. The van der Waals surface area contributed by atoms with Crippen LogP contribution in [-0.2, 0) is 4.74 Å². The molecule has 0 saturated carbocycles. The van der Waals surface area contributed by atoms with E-state index in [1.165, 1.54) is 0 Å². The molecule has 0 heterocycles. The Kier molecular flexibility index (Phi) is 4.72. The summed E-state index contributed by atoms with van der Waals surface area (Å²) < 4.78 is 4.78. The minimum Gasteiger partial charge on any atom is -0.446 e. The Hall–Kier alpha value is -0.730. The molecular weight excluding hydrogens is 130 g/mol. The molecule has 1 atom stereocenters. The van der Waals surface area contributed by atoms with Gasteiger partial charge in [-0.1, -0.05) is 20.3 Å². The molecule has 1 amide bonds. The number of primary amides is 1. The summed E-state index contributed by atoms with van der Waals surface area (Å²) in [6.45, 7) is 4.02. The first-order valence-electron chi connectivity index (χ1n) is 3.66. The van der Waals surface area contributed by atoms with Crippen molar-refractivity contribution in [2.75, 3.05) is 0 Å². The van der Waals surface area contributed by atoms with Gasteiger partial charge in [-0.3, -0.25) is 0 Å². The third kappa shape index (κ3) is 4.18. The monoisotopic (exact) mass is 145 g/mol. The molecule has 0 rings (SSSR count). The van der Waals surface area contributed by atoms with Crippen LogP contribution in [0.25, 0.3) is 0 Å². The van der Waals surface area contributed by atoms with Gasteiger partial charge in [-0.05, 0) is 12.8 Å². The molecule has 2 N–H and O–H groups in total. The minimum absolute atomic E-state index is 0.0162. The van der Waals surface area contributed by atoms with E-state index in [2.05, 4.69) is 0 Å². The Labute approximate surface area is 61.5 Å². The second kappa shape index (κ2) is 5.09. The van der Waals surface area contributed by atoms with E-state index in [4.69, 9.17) is 10.5 Å². The molecule has 0 aromatic heterocycles. The lowest BCUT2D eigenvalue weighted by Crippen LogP contribution is -2.21. The number of carbonyl (C=O) groups is 1. The number of carbonyl (C=O) groups excluding carboxylic acids is 1. The molecule has 60 valence electrons. The summed E-state index contributed by atoms with van der Waals surface area (Å²) >= 11 is 0. The molecule has 0 fully saturated rings. The number of rotatable bonds is 4. The van der Waals surface area contributed by atoms with E-state index in [1.54, 1.807) is 0 Å². The Morgan fingerprint density at radius 3 is 2.50 bits per heavy atom. The zero-order valence-electron chi connectivity index (χ0n) is 6.59. The van der Waals surface area contributed by atoms with Crippen LogP contribution in [0.5, 0.6) is 0 Å². The van der Waals surface area contributed by atoms with Crippen molar-refractivity contribution in [3.8, 4) is 0 Å². The lowest BCUT2D eigenvalue weighted by Gasteiger charge is -2.12. The summed E-state index contributed by atoms with van der Waals surface area (Å²) in [5, 5.41) is 0. The van der Waals surface area contributed by atoms with E-state index in [0.717, 1.165) is 19.3 Å². The van der Waals surface area contributed by atoms with Crippen molar-refractivity contribution in [3.63, 3.8) is 0 Å². The summed E-state index contributed by atoms with van der Waals surface area (Å²) in [5.41, 5.74) is 4.84. The van der Waals surface area contributed by atoms with E-state index in [9.17, 15) is 4.79 Å². The highest BCUT2D eigenvalue weighted by Gasteiger charge is 2.07. The van der Waals surface area contributed by atoms with E-state index in [1.807, 2.05) is 13.8 Å². The van der Waals surface area contributed by atoms with E-state index < -0.39 is 6.09 Å². The fraction of sp³-hybridized carbons (Fsp3) is 0.857. The molecule has 0 spiro atoms. The summed E-state index contributed by atoms with van der Waals surface area (Å²) in [7, 11) is 0. The van der Waals surface area contributed by atoms with Gasteiger partial charge in [0.2, 0.25) is 0 Å². The van der Waals surface area contributed by atoms with Crippen LogP contribution in [0, 0.1) is 0 Å². The molecule has 0 aromatic carbocycles. The van der Waals surface area contributed by atoms with Gasteiger partial charge in [-0.15, -0.1) is 0 Å². The van der Waals surface area contributed by atoms with Crippen molar-refractivity contribution < 1.29 is 9.53 Å². The van der Waals surface area contributed by atoms with Crippen LogP contribution in [0.2, 0.25) is 0 Å². The fourth-order valence-corrected chi connectivity index (χ4v) is 0.833. The third-order valence-corrected chi connectivity index (χ3v) is 1.35. The first-order valence-corrected chi connectivity index (χ1v) is 3.66. The van der Waals surface area contributed by atoms with Crippen LogP contribution >= 0.6 is 0 Å². The maximum atomic E-state index is 10.2. The Balaban J connectivity index is 3.49. The van der Waals surface area contributed by atoms with Gasteiger partial charge in [-0.2, -0.15) is 0 Å². The van der Waals surface area contributed by atoms with Gasteiger partial charge in [0, 0.05) is 0 Å². The normalized spacial score (nSPS) is 12.6. The molecule has 0 aliphatic heterocycles. The van der Waals surface area contributed by atoms with Crippen LogP contribution in [0.4, 0.5) is 4.79 Å². The van der Waals surface area contributed by atoms with Crippen LogP contribution in [0.1, 0.15) is 33.1 Å². The second-order valence-corrected chi connectivity index (χ2v) is 2.26. The zero-order valence-corrected chi connectivity index (χ0v) is 6.59. The predicted octanol–water partition coefficient (Wildman–Crippen LogP) is 1.66. The van der Waals surface area contributed by atoms with Crippen molar-refractivity contribution in [3.05, 3.63) is 0 Å². The molecule has 0 aliphatic rings. The van der Waals surface area contributed by atoms with Gasteiger partial charge >= 0.3 is 6.09 Å². The Morgan fingerprint density at radius 2 is 2.20 bits per heavy atom. The average molecular weight is 145 g/mol. The van der Waals surface area contributed by atoms with Gasteiger partial charge < -0.3 is 10.5 Å². The van der Waals surface area contributed by atoms with Crippen LogP contribution in [-0.4, -0.2) is 12.2 Å². The van der Waals surface area contributed by atoms with Crippen LogP contribution in [0.3, 0.4) is 0 Å². The van der Waals surface area contributed by atoms with Gasteiger partial charge in [0.15, 0.2) is 0 Å². The first-order chi connectivity index (χ1) is 4.70. The molecule has 3 nitrogen and oxygen atoms in total. The fourth-order valence-electron chi connectivity index (χ4n) is 0.833. The van der Waals surface area contributed by atoms with Crippen molar-refractivity contribution in [1.82, 2.24) is 0 Å². The molecule has 0 unspecified atom stereocenters. The highest BCUT2D eigenvalue weighted by molar-refractivity contribution is 5.64. The van der Waals surface area contributed by atoms with E-state index in [0.29, 0.717) is 0 Å². The topological polar surface area (TPSA) is 52.3 Å². The molecule has 0 aromatic rings. The molecule has 0 saturated heterocycles. The van der Waals surface area contributed by atoms with Gasteiger partial charge in [0.1, 0.15) is 6.10 Å². The number of amides is 1. The minimum atomic E-state index is -0.666. The van der Waals surface area contributed by atoms with Crippen LogP contribution < -0.4 is 5.73 Å². The van der Waals surface area contributed by atoms with Crippen molar-refractivity contribution in [2.24, 2.45) is 5.73 Å². The maximum absolute atomic E-state index is 10.2. The summed E-state index contributed by atoms with van der Waals surface area (Å²) in [6, 6.07) is 0. The van der Waals surface area contributed by atoms with Gasteiger partial charge in [-0.25, -0.2) is 4.79 Å². The second-order valence-electron chi connectivity index (χ2n) is 2.26. The zero-order chi connectivity index (χ0) is 7.98. The number of ether oxygens (including phenoxy) is 1. The van der Waals surface area contributed by atoms with Gasteiger partial charge in [0.25, 0.3) is 0 Å². The van der Waals surface area contributed by atoms with Crippen LogP contribution in [0.15, 0.2) is 0 Å². The quantitative estimate of drug-likeness (QED) is 0.654. The predicted molar refractivity (Wildman–Crippen MR) is 39.7 cm³/mol. The van der Waals surface area contributed by atoms with Crippen molar-refractivity contribution in [1.29, 1.82) is 0 Å². The largest absolute Gasteiger partial charge is 0.446 e. The molecule has 3 heteroatoms. The SMILES string of the molecule is CCC[C@H](CC)OC(N)=O. The van der Waals surface area contributed by atoms with Crippen molar-refractivity contribution in [2.45, 2.75) is 39.2 Å². The van der Waals surface area contributed by atoms with E-state index in [-0.39, 0.29) is 6.10 Å². The number of hydrogen-bond acceptors (Lipinski definition) is 2. The van der Waals surface area contributed by atoms with Gasteiger partial charge in [0.05, 0.1) is 0 Å².